The van der Waals surface area contributed by atoms with E-state index in [1.54, 1.807) is 19.1 Å². The number of carbonyl (C=O) groups excluding carboxylic acids is 2. The van der Waals surface area contributed by atoms with Crippen LogP contribution in [0.1, 0.15) is 28.7 Å². The van der Waals surface area contributed by atoms with Crippen LogP contribution in [-0.2, 0) is 4.79 Å². The summed E-state index contributed by atoms with van der Waals surface area (Å²) in [6, 6.07) is 8.28. The van der Waals surface area contributed by atoms with E-state index in [1.165, 1.54) is 0 Å². The summed E-state index contributed by atoms with van der Waals surface area (Å²) >= 11 is 0. The van der Waals surface area contributed by atoms with Gasteiger partial charge in [0.05, 0.1) is 11.4 Å². The summed E-state index contributed by atoms with van der Waals surface area (Å²) < 4.78 is 1.81. The molecule has 6 heteroatoms. The van der Waals surface area contributed by atoms with Gasteiger partial charge >= 0.3 is 0 Å². The number of aryl methyl sites for hydroxylation is 2. The van der Waals surface area contributed by atoms with Gasteiger partial charge in [0.2, 0.25) is 5.91 Å². The molecule has 2 amide bonds. The molecule has 21 heavy (non-hydrogen) atoms. The average Bonchev–Trinajstić information content (AvgIpc) is 2.77. The lowest BCUT2D eigenvalue weighted by Gasteiger charge is -2.10. The predicted octanol–water partition coefficient (Wildman–Crippen LogP) is 1.09. The van der Waals surface area contributed by atoms with Crippen LogP contribution in [-0.4, -0.2) is 27.6 Å². The van der Waals surface area contributed by atoms with E-state index in [0.29, 0.717) is 5.56 Å². The summed E-state index contributed by atoms with van der Waals surface area (Å²) in [6.45, 7) is 5.44. The maximum atomic E-state index is 11.9. The molecule has 1 aromatic carbocycles. The molecular weight excluding hydrogens is 268 g/mol. The van der Waals surface area contributed by atoms with Crippen LogP contribution in [0.15, 0.2) is 30.3 Å². The van der Waals surface area contributed by atoms with Crippen molar-refractivity contribution in [1.82, 2.24) is 15.1 Å². The molecule has 2 rings (SSSR count). The summed E-state index contributed by atoms with van der Waals surface area (Å²) in [5, 5.41) is 6.92. The van der Waals surface area contributed by atoms with Gasteiger partial charge in [0, 0.05) is 11.3 Å². The Morgan fingerprint density at radius 1 is 1.24 bits per heavy atom. The molecule has 0 spiro atoms. The van der Waals surface area contributed by atoms with Gasteiger partial charge in [-0.3, -0.25) is 9.59 Å². The first kappa shape index (κ1) is 14.8. The van der Waals surface area contributed by atoms with Gasteiger partial charge in [-0.2, -0.15) is 5.10 Å². The normalized spacial score (nSPS) is 12.0. The Morgan fingerprint density at radius 3 is 2.33 bits per heavy atom. The molecule has 3 N–H and O–H groups in total. The van der Waals surface area contributed by atoms with E-state index in [0.717, 1.165) is 17.1 Å². The van der Waals surface area contributed by atoms with Gasteiger partial charge in [0.1, 0.15) is 6.04 Å². The molecule has 1 heterocycles. The monoisotopic (exact) mass is 286 g/mol. The van der Waals surface area contributed by atoms with E-state index in [4.69, 9.17) is 5.73 Å². The molecule has 0 radical (unpaired) electrons. The lowest BCUT2D eigenvalue weighted by Crippen LogP contribution is -2.42. The number of rotatable bonds is 4. The van der Waals surface area contributed by atoms with Crippen LogP contribution in [0.5, 0.6) is 0 Å². The second kappa shape index (κ2) is 5.78. The molecule has 1 aromatic heterocycles. The maximum Gasteiger partial charge on any atom is 0.251 e. The maximum absolute atomic E-state index is 11.9. The SMILES string of the molecule is Cc1cc(C)n(-c2ccc(C(=O)N[C@H](C)C(N)=O)cc2)n1. The van der Waals surface area contributed by atoms with Gasteiger partial charge in [-0.15, -0.1) is 0 Å². The van der Waals surface area contributed by atoms with Crippen LogP contribution in [0.4, 0.5) is 0 Å². The quantitative estimate of drug-likeness (QED) is 0.881. The van der Waals surface area contributed by atoms with Gasteiger partial charge in [0.15, 0.2) is 0 Å². The highest BCUT2D eigenvalue weighted by Gasteiger charge is 2.13. The van der Waals surface area contributed by atoms with E-state index in [9.17, 15) is 9.59 Å². The van der Waals surface area contributed by atoms with E-state index in [2.05, 4.69) is 10.4 Å². The molecule has 1 atom stereocenters. The van der Waals surface area contributed by atoms with Crippen molar-refractivity contribution in [2.45, 2.75) is 26.8 Å². The molecule has 0 aliphatic rings. The smallest absolute Gasteiger partial charge is 0.251 e. The summed E-state index contributed by atoms with van der Waals surface area (Å²) in [5.74, 6) is -0.899. The molecule has 0 aliphatic heterocycles. The van der Waals surface area contributed by atoms with Crippen LogP contribution in [0.3, 0.4) is 0 Å². The first-order valence-corrected chi connectivity index (χ1v) is 6.62. The largest absolute Gasteiger partial charge is 0.368 e. The number of aromatic nitrogens is 2. The molecule has 0 bridgehead atoms. The zero-order valence-corrected chi connectivity index (χ0v) is 12.3. The van der Waals surface area contributed by atoms with Crippen molar-refractivity contribution in [3.05, 3.63) is 47.3 Å². The molecule has 0 unspecified atom stereocenters. The Balaban J connectivity index is 2.17. The van der Waals surface area contributed by atoms with Gasteiger partial charge in [-0.25, -0.2) is 4.68 Å². The Bertz CT molecular complexity index is 673. The van der Waals surface area contributed by atoms with Crippen LogP contribution in [0, 0.1) is 13.8 Å². The highest BCUT2D eigenvalue weighted by atomic mass is 16.2. The van der Waals surface area contributed by atoms with E-state index >= 15 is 0 Å². The molecule has 0 saturated carbocycles. The van der Waals surface area contributed by atoms with E-state index < -0.39 is 11.9 Å². The van der Waals surface area contributed by atoms with Crippen LogP contribution >= 0.6 is 0 Å². The molecule has 6 nitrogen and oxygen atoms in total. The molecule has 0 saturated heterocycles. The topological polar surface area (TPSA) is 90.0 Å². The number of nitrogens with zero attached hydrogens (tertiary/aromatic N) is 2. The van der Waals surface area contributed by atoms with Gasteiger partial charge in [0.25, 0.3) is 5.91 Å². The van der Waals surface area contributed by atoms with Gasteiger partial charge in [-0.05, 0) is 51.1 Å². The fraction of sp³-hybridized carbons (Fsp3) is 0.267. The third kappa shape index (κ3) is 3.28. The number of benzene rings is 1. The minimum absolute atomic E-state index is 0.332. The van der Waals surface area contributed by atoms with E-state index in [1.807, 2.05) is 36.7 Å². The summed E-state index contributed by atoms with van der Waals surface area (Å²) in [5.41, 5.74) is 8.41. The van der Waals surface area contributed by atoms with Crippen molar-refractivity contribution >= 4 is 11.8 Å². The third-order valence-corrected chi connectivity index (χ3v) is 3.16. The second-order valence-electron chi connectivity index (χ2n) is 4.98. The minimum atomic E-state index is -0.701. The van der Waals surface area contributed by atoms with Gasteiger partial charge < -0.3 is 11.1 Å². The van der Waals surface area contributed by atoms with Crippen molar-refractivity contribution < 1.29 is 9.59 Å². The number of carbonyl (C=O) groups is 2. The Hall–Kier alpha value is -2.63. The minimum Gasteiger partial charge on any atom is -0.368 e. The first-order valence-electron chi connectivity index (χ1n) is 6.62. The Morgan fingerprint density at radius 2 is 1.86 bits per heavy atom. The number of hydrogen-bond acceptors (Lipinski definition) is 3. The number of amides is 2. The van der Waals surface area contributed by atoms with Crippen molar-refractivity contribution in [3.8, 4) is 5.69 Å². The van der Waals surface area contributed by atoms with Gasteiger partial charge in [-0.1, -0.05) is 0 Å². The second-order valence-corrected chi connectivity index (χ2v) is 4.98. The number of primary amides is 1. The summed E-state index contributed by atoms with van der Waals surface area (Å²) in [6.07, 6.45) is 0. The van der Waals surface area contributed by atoms with Crippen molar-refractivity contribution in [2.75, 3.05) is 0 Å². The van der Waals surface area contributed by atoms with Crippen LogP contribution < -0.4 is 11.1 Å². The molecular formula is C15H18N4O2. The van der Waals surface area contributed by atoms with Crippen LogP contribution in [0.2, 0.25) is 0 Å². The standard InChI is InChI=1S/C15H18N4O2/c1-9-8-10(2)19(18-9)13-6-4-12(5-7-13)15(21)17-11(3)14(16)20/h4-8,11H,1-3H3,(H2,16,20)(H,17,21)/t11-/m1/s1. The van der Waals surface area contributed by atoms with Crippen molar-refractivity contribution in [2.24, 2.45) is 5.73 Å². The fourth-order valence-corrected chi connectivity index (χ4v) is 2.00. The highest BCUT2D eigenvalue weighted by Crippen LogP contribution is 2.13. The lowest BCUT2D eigenvalue weighted by atomic mass is 10.2. The fourth-order valence-electron chi connectivity index (χ4n) is 2.00. The van der Waals surface area contributed by atoms with Crippen molar-refractivity contribution in [3.63, 3.8) is 0 Å². The van der Waals surface area contributed by atoms with Crippen LogP contribution in [0.25, 0.3) is 5.69 Å². The molecule has 2 aromatic rings. The first-order chi connectivity index (χ1) is 9.88. The lowest BCUT2D eigenvalue weighted by molar-refractivity contribution is -0.119. The zero-order valence-electron chi connectivity index (χ0n) is 12.3. The zero-order chi connectivity index (χ0) is 15.6. The number of nitrogens with one attached hydrogen (secondary N) is 1. The van der Waals surface area contributed by atoms with Crippen molar-refractivity contribution in [1.29, 1.82) is 0 Å². The molecule has 110 valence electrons. The number of nitrogens with two attached hydrogens (primary N) is 1. The Labute approximate surface area is 122 Å². The van der Waals surface area contributed by atoms with E-state index in [-0.39, 0.29) is 5.91 Å². The third-order valence-electron chi connectivity index (χ3n) is 3.16. The molecule has 0 aliphatic carbocycles. The summed E-state index contributed by atoms with van der Waals surface area (Å²) in [7, 11) is 0. The highest BCUT2D eigenvalue weighted by molar-refractivity contribution is 5.97. The number of hydrogen-bond donors (Lipinski definition) is 2. The summed E-state index contributed by atoms with van der Waals surface area (Å²) in [4.78, 5) is 22.9. The Kier molecular flexibility index (Phi) is 4.07. The average molecular weight is 286 g/mol. The molecule has 0 fully saturated rings. The predicted molar refractivity (Wildman–Crippen MR) is 79.2 cm³/mol.